The van der Waals surface area contributed by atoms with Crippen molar-refractivity contribution in [2.75, 3.05) is 6.54 Å². The third-order valence-electron chi connectivity index (χ3n) is 3.56. The van der Waals surface area contributed by atoms with Gasteiger partial charge in [0, 0.05) is 18.2 Å². The van der Waals surface area contributed by atoms with Crippen molar-refractivity contribution in [1.29, 1.82) is 0 Å². The van der Waals surface area contributed by atoms with Crippen molar-refractivity contribution in [3.63, 3.8) is 0 Å². The van der Waals surface area contributed by atoms with E-state index in [1.165, 1.54) is 0 Å². The van der Waals surface area contributed by atoms with Gasteiger partial charge in [-0.15, -0.1) is 0 Å². The molecule has 0 aromatic heterocycles. The molecular formula is C15H24N2O2S2. The van der Waals surface area contributed by atoms with Gasteiger partial charge in [0.05, 0.1) is 4.90 Å². The molecule has 1 unspecified atom stereocenters. The fourth-order valence-electron chi connectivity index (χ4n) is 2.02. The molecule has 0 bridgehead atoms. The van der Waals surface area contributed by atoms with Crippen LogP contribution in [-0.2, 0) is 10.0 Å². The molecule has 1 aromatic rings. The maximum Gasteiger partial charge on any atom is 0.243 e. The molecule has 0 fully saturated rings. The molecular weight excluding hydrogens is 304 g/mol. The minimum atomic E-state index is -3.48. The highest BCUT2D eigenvalue weighted by molar-refractivity contribution is 7.89. The number of rotatable bonds is 8. The highest BCUT2D eigenvalue weighted by atomic mass is 32.2. The molecule has 0 amide bonds. The van der Waals surface area contributed by atoms with E-state index >= 15 is 0 Å². The number of nitrogens with two attached hydrogens (primary N) is 1. The van der Waals surface area contributed by atoms with Crippen LogP contribution in [0.3, 0.4) is 0 Å². The Morgan fingerprint density at radius 2 is 1.86 bits per heavy atom. The van der Waals surface area contributed by atoms with Gasteiger partial charge in [-0.25, -0.2) is 8.42 Å². The standard InChI is InChI=1S/C15H24N2O2S2/c1-4-6-11-17(12(3)5-2)21(18,19)14-9-7-13(8-10-14)15(16)20/h7-10,12H,4-6,11H2,1-3H3,(H2,16,20). The number of hydrogen-bond acceptors (Lipinski definition) is 3. The molecule has 1 rings (SSSR count). The van der Waals surface area contributed by atoms with Crippen LogP contribution in [0.5, 0.6) is 0 Å². The SMILES string of the molecule is CCCCN(C(C)CC)S(=O)(=O)c1ccc(C(N)=S)cc1. The summed E-state index contributed by atoms with van der Waals surface area (Å²) in [4.78, 5) is 0.558. The zero-order chi connectivity index (χ0) is 16.0. The molecule has 1 atom stereocenters. The van der Waals surface area contributed by atoms with Gasteiger partial charge in [0.25, 0.3) is 0 Å². The Kier molecular flexibility index (Phi) is 6.77. The zero-order valence-electron chi connectivity index (χ0n) is 12.9. The van der Waals surface area contributed by atoms with Crippen LogP contribution in [0.1, 0.15) is 45.6 Å². The monoisotopic (exact) mass is 328 g/mol. The molecule has 2 N–H and O–H groups in total. The molecule has 0 saturated carbocycles. The largest absolute Gasteiger partial charge is 0.389 e. The summed E-state index contributed by atoms with van der Waals surface area (Å²) in [6.45, 7) is 6.54. The topological polar surface area (TPSA) is 63.4 Å². The quantitative estimate of drug-likeness (QED) is 0.745. The highest BCUT2D eigenvalue weighted by Gasteiger charge is 2.27. The first-order valence-corrected chi connectivity index (χ1v) is 9.11. The van der Waals surface area contributed by atoms with E-state index in [1.807, 2.05) is 13.8 Å². The Bertz CT molecular complexity index is 568. The Labute approximate surface area is 133 Å². The van der Waals surface area contributed by atoms with Gasteiger partial charge in [0.1, 0.15) is 4.99 Å². The van der Waals surface area contributed by atoms with E-state index in [9.17, 15) is 8.42 Å². The van der Waals surface area contributed by atoms with Crippen LogP contribution in [0.4, 0.5) is 0 Å². The second-order valence-electron chi connectivity index (χ2n) is 5.12. The number of benzene rings is 1. The van der Waals surface area contributed by atoms with Crippen molar-refractivity contribution in [3.05, 3.63) is 29.8 Å². The maximum atomic E-state index is 12.8. The Balaban J connectivity index is 3.12. The molecule has 0 aliphatic rings. The first-order chi connectivity index (χ1) is 9.84. The maximum absolute atomic E-state index is 12.8. The fraction of sp³-hybridized carbons (Fsp3) is 0.533. The van der Waals surface area contributed by atoms with Gasteiger partial charge in [-0.3, -0.25) is 0 Å². The highest BCUT2D eigenvalue weighted by Crippen LogP contribution is 2.21. The van der Waals surface area contributed by atoms with Crippen molar-refractivity contribution in [3.8, 4) is 0 Å². The van der Waals surface area contributed by atoms with Gasteiger partial charge in [-0.2, -0.15) is 4.31 Å². The molecule has 1 aromatic carbocycles. The van der Waals surface area contributed by atoms with Crippen LogP contribution < -0.4 is 5.73 Å². The van der Waals surface area contributed by atoms with Crippen LogP contribution in [-0.4, -0.2) is 30.3 Å². The lowest BCUT2D eigenvalue weighted by molar-refractivity contribution is 0.324. The smallest absolute Gasteiger partial charge is 0.243 e. The van der Waals surface area contributed by atoms with Gasteiger partial charge in [-0.05, 0) is 31.9 Å². The van der Waals surface area contributed by atoms with Crippen LogP contribution in [0, 0.1) is 0 Å². The van der Waals surface area contributed by atoms with Gasteiger partial charge in [-0.1, -0.05) is 44.6 Å². The summed E-state index contributed by atoms with van der Waals surface area (Å²) >= 11 is 4.89. The summed E-state index contributed by atoms with van der Waals surface area (Å²) in [5.41, 5.74) is 6.21. The van der Waals surface area contributed by atoms with Crippen LogP contribution in [0.25, 0.3) is 0 Å². The van der Waals surface area contributed by atoms with Crippen molar-refractivity contribution in [2.45, 2.75) is 51.0 Å². The van der Waals surface area contributed by atoms with E-state index in [2.05, 4.69) is 6.92 Å². The number of thiocarbonyl (C=S) groups is 1. The molecule has 21 heavy (non-hydrogen) atoms. The van der Waals surface area contributed by atoms with Gasteiger partial charge in [0.15, 0.2) is 0 Å². The number of sulfonamides is 1. The summed E-state index contributed by atoms with van der Waals surface area (Å²) < 4.78 is 27.2. The summed E-state index contributed by atoms with van der Waals surface area (Å²) in [6.07, 6.45) is 2.60. The van der Waals surface area contributed by atoms with Crippen LogP contribution in [0.2, 0.25) is 0 Å². The summed E-state index contributed by atoms with van der Waals surface area (Å²) in [7, 11) is -3.48. The van der Waals surface area contributed by atoms with E-state index in [4.69, 9.17) is 18.0 Å². The van der Waals surface area contributed by atoms with Crippen molar-refractivity contribution in [1.82, 2.24) is 4.31 Å². The molecule has 4 nitrogen and oxygen atoms in total. The van der Waals surface area contributed by atoms with Crippen molar-refractivity contribution in [2.24, 2.45) is 5.73 Å². The average Bonchev–Trinajstić information content (AvgIpc) is 2.47. The summed E-state index contributed by atoms with van der Waals surface area (Å²) in [6, 6.07) is 6.45. The summed E-state index contributed by atoms with van der Waals surface area (Å²) in [5, 5.41) is 0. The van der Waals surface area contributed by atoms with E-state index in [0.29, 0.717) is 17.0 Å². The third-order valence-corrected chi connectivity index (χ3v) is 5.82. The first kappa shape index (κ1) is 18.1. The first-order valence-electron chi connectivity index (χ1n) is 7.26. The number of nitrogens with zero attached hydrogens (tertiary/aromatic N) is 1. The molecule has 0 aliphatic heterocycles. The van der Waals surface area contributed by atoms with Crippen LogP contribution in [0.15, 0.2) is 29.2 Å². The predicted molar refractivity (Wildman–Crippen MR) is 90.9 cm³/mol. The summed E-state index contributed by atoms with van der Waals surface area (Å²) in [5.74, 6) is 0. The third kappa shape index (κ3) is 4.49. The lowest BCUT2D eigenvalue weighted by Crippen LogP contribution is -2.39. The molecule has 0 radical (unpaired) electrons. The lowest BCUT2D eigenvalue weighted by Gasteiger charge is -2.27. The molecule has 0 saturated heterocycles. The van der Waals surface area contributed by atoms with Crippen molar-refractivity contribution >= 4 is 27.2 Å². The molecule has 6 heteroatoms. The molecule has 0 spiro atoms. The molecule has 118 valence electrons. The second kappa shape index (κ2) is 7.87. The lowest BCUT2D eigenvalue weighted by atomic mass is 10.2. The van der Waals surface area contributed by atoms with E-state index in [1.54, 1.807) is 28.6 Å². The Morgan fingerprint density at radius 3 is 2.29 bits per heavy atom. The van der Waals surface area contributed by atoms with E-state index in [-0.39, 0.29) is 11.0 Å². The predicted octanol–water partition coefficient (Wildman–Crippen LogP) is 2.91. The number of unbranched alkanes of at least 4 members (excludes halogenated alkanes) is 1. The fourth-order valence-corrected chi connectivity index (χ4v) is 3.90. The van der Waals surface area contributed by atoms with Gasteiger partial charge >= 0.3 is 0 Å². The Hall–Kier alpha value is -0.980. The van der Waals surface area contributed by atoms with Gasteiger partial charge < -0.3 is 5.73 Å². The number of hydrogen-bond donors (Lipinski definition) is 1. The Morgan fingerprint density at radius 1 is 1.29 bits per heavy atom. The second-order valence-corrected chi connectivity index (χ2v) is 7.45. The minimum absolute atomic E-state index is 0.0168. The van der Waals surface area contributed by atoms with E-state index in [0.717, 1.165) is 19.3 Å². The molecule has 0 heterocycles. The zero-order valence-corrected chi connectivity index (χ0v) is 14.5. The average molecular weight is 329 g/mol. The van der Waals surface area contributed by atoms with Crippen molar-refractivity contribution < 1.29 is 8.42 Å². The van der Waals surface area contributed by atoms with E-state index < -0.39 is 10.0 Å². The normalized spacial score (nSPS) is 13.3. The van der Waals surface area contributed by atoms with Crippen LogP contribution >= 0.6 is 12.2 Å². The minimum Gasteiger partial charge on any atom is -0.389 e. The van der Waals surface area contributed by atoms with Gasteiger partial charge in [0.2, 0.25) is 10.0 Å². The molecule has 0 aliphatic carbocycles.